The molecule has 6 heteroatoms. The van der Waals surface area contributed by atoms with Gasteiger partial charge >= 0.3 is 88.7 Å². The molecule has 0 aliphatic carbocycles. The second-order valence-electron chi connectivity index (χ2n) is 0.105. The third-order valence-electron chi connectivity index (χ3n) is 0. The number of hydrogen-bond acceptors (Lipinski definition) is 1. The zero-order valence-corrected chi connectivity index (χ0v) is 2.33. The van der Waals surface area contributed by atoms with Crippen LogP contribution < -0.4 is 5.50 Å². The topological polar surface area (TPSA) is 43.1 Å². The van der Waals surface area contributed by atoms with E-state index in [4.69, 9.17) is 4.57 Å². The molecule has 6 heavy (non-hydrogen) atoms. The Morgan fingerprint density at radius 3 is 1.17 bits per heavy atom. The number of hydrogen-bond donors (Lipinski definition) is 1. The third kappa shape index (κ3) is 27.7. The molecule has 0 aromatic rings. The second-order valence-corrected chi connectivity index (χ2v) is 0.316. The van der Waals surface area contributed by atoms with Gasteiger partial charge in [0.2, 0.25) is 8.61 Å². The van der Waals surface area contributed by atoms with E-state index in [0.717, 1.165) is 0 Å². The molecule has 0 fully saturated rings. The molecule has 0 aromatic heterocycles. The van der Waals surface area contributed by atoms with Gasteiger partial charge in [0.25, 0.3) is 0 Å². The van der Waals surface area contributed by atoms with Gasteiger partial charge in [0.15, 0.2) is 0 Å². The fraction of sp³-hybridized carbons (Fsp3) is 0. The summed E-state index contributed by atoms with van der Waals surface area (Å²) in [7, 11) is -0.333. The van der Waals surface area contributed by atoms with E-state index < -0.39 is 0 Å². The molecular formula is H5NNa3OP. The molecule has 0 saturated heterocycles. The Hall–Kier alpha value is 3.06. The first kappa shape index (κ1) is 23.0. The van der Waals surface area contributed by atoms with Gasteiger partial charge < -0.3 is 0 Å². The summed E-state index contributed by atoms with van der Waals surface area (Å²) < 4.78 is 8.68. The van der Waals surface area contributed by atoms with Crippen LogP contribution in [0.15, 0.2) is 0 Å². The minimum atomic E-state index is -0.333. The van der Waals surface area contributed by atoms with Crippen LogP contribution >= 0.6 is 8.61 Å². The molecule has 0 unspecified atom stereocenters. The standard InChI is InChI=1S/H2NOP.3Na.3H/c1-3-2;;;;;;/h(H2,1,2);;;;;;. The van der Waals surface area contributed by atoms with Crippen molar-refractivity contribution < 1.29 is 4.57 Å². The summed E-state index contributed by atoms with van der Waals surface area (Å²) in [6.45, 7) is 0. The molecule has 0 aromatic carbocycles. The minimum absolute atomic E-state index is 0. The second kappa shape index (κ2) is 24.4. The van der Waals surface area contributed by atoms with Crippen LogP contribution in [0.3, 0.4) is 0 Å². The molecule has 0 bridgehead atoms. The van der Waals surface area contributed by atoms with Gasteiger partial charge in [-0.15, -0.1) is 0 Å². The quantitative estimate of drug-likeness (QED) is 0.314. The molecule has 0 spiro atoms. The Morgan fingerprint density at radius 2 is 1.17 bits per heavy atom. The first-order valence-corrected chi connectivity index (χ1v) is 1.32. The molecule has 0 amide bonds. The van der Waals surface area contributed by atoms with Crippen molar-refractivity contribution in [2.24, 2.45) is 5.50 Å². The monoisotopic (exact) mass is 135 g/mol. The molecule has 2 N–H and O–H groups in total. The van der Waals surface area contributed by atoms with Gasteiger partial charge in [-0.05, 0) is 0 Å². The van der Waals surface area contributed by atoms with Crippen molar-refractivity contribution in [3.05, 3.63) is 0 Å². The van der Waals surface area contributed by atoms with Crippen LogP contribution in [0.5, 0.6) is 0 Å². The summed E-state index contributed by atoms with van der Waals surface area (Å²) in [6, 6.07) is 0. The normalized spacial score (nSPS) is 3.50. The van der Waals surface area contributed by atoms with Gasteiger partial charge in [-0.3, -0.25) is 10.1 Å². The summed E-state index contributed by atoms with van der Waals surface area (Å²) in [6.07, 6.45) is 0. The number of nitrogens with two attached hydrogens (primary N) is 1. The van der Waals surface area contributed by atoms with Gasteiger partial charge in [-0.2, -0.15) is 0 Å². The fourth-order valence-corrected chi connectivity index (χ4v) is 0. The van der Waals surface area contributed by atoms with E-state index in [1.54, 1.807) is 0 Å². The van der Waals surface area contributed by atoms with Crippen molar-refractivity contribution in [1.82, 2.24) is 0 Å². The maximum absolute atomic E-state index is 8.68. The van der Waals surface area contributed by atoms with Crippen LogP contribution in [0, 0.1) is 0 Å². The van der Waals surface area contributed by atoms with Crippen molar-refractivity contribution in [2.75, 3.05) is 0 Å². The summed E-state index contributed by atoms with van der Waals surface area (Å²) in [5.74, 6) is 0. The Labute approximate surface area is 105 Å². The first-order chi connectivity index (χ1) is 1.41. The van der Waals surface area contributed by atoms with Crippen molar-refractivity contribution in [2.45, 2.75) is 0 Å². The van der Waals surface area contributed by atoms with E-state index >= 15 is 0 Å². The van der Waals surface area contributed by atoms with Crippen molar-refractivity contribution in [3.8, 4) is 0 Å². The predicted molar refractivity (Wildman–Crippen MR) is 33.2 cm³/mol. The molecule has 0 heterocycles. The van der Waals surface area contributed by atoms with E-state index in [0.29, 0.717) is 0 Å². The molecule has 0 rings (SSSR count). The van der Waals surface area contributed by atoms with E-state index in [9.17, 15) is 0 Å². The third-order valence-corrected chi connectivity index (χ3v) is 0. The van der Waals surface area contributed by atoms with Gasteiger partial charge in [-0.25, -0.2) is 0 Å². The molecule has 0 radical (unpaired) electrons. The molecule has 24 valence electrons. The van der Waals surface area contributed by atoms with E-state index in [1.165, 1.54) is 0 Å². The van der Waals surface area contributed by atoms with Crippen LogP contribution in [0.25, 0.3) is 0 Å². The maximum atomic E-state index is 8.68. The van der Waals surface area contributed by atoms with Crippen LogP contribution in [0.2, 0.25) is 0 Å². The Morgan fingerprint density at radius 1 is 1.17 bits per heavy atom. The van der Waals surface area contributed by atoms with E-state index in [-0.39, 0.29) is 97.3 Å². The molecule has 2 nitrogen and oxygen atoms in total. The van der Waals surface area contributed by atoms with Gasteiger partial charge in [-0.1, -0.05) is 0 Å². The van der Waals surface area contributed by atoms with Gasteiger partial charge in [0.05, 0.1) is 0 Å². The summed E-state index contributed by atoms with van der Waals surface area (Å²) >= 11 is 0. The van der Waals surface area contributed by atoms with Crippen LogP contribution in [0.4, 0.5) is 0 Å². The molecule has 0 aliphatic heterocycles. The van der Waals surface area contributed by atoms with Crippen LogP contribution in [-0.2, 0) is 4.57 Å². The van der Waals surface area contributed by atoms with Crippen molar-refractivity contribution >= 4 is 97.3 Å². The number of rotatable bonds is 0. The average Bonchev–Trinajstić information content (AvgIpc) is 0.918. The SMILES string of the molecule is NP=O.[NaH].[NaH].[NaH]. The van der Waals surface area contributed by atoms with Gasteiger partial charge in [0, 0.05) is 0 Å². The van der Waals surface area contributed by atoms with Crippen molar-refractivity contribution in [3.63, 3.8) is 0 Å². The van der Waals surface area contributed by atoms with Crippen LogP contribution in [0.1, 0.15) is 0 Å². The van der Waals surface area contributed by atoms with Gasteiger partial charge in [0.1, 0.15) is 0 Å². The molecule has 0 aliphatic rings. The Balaban J connectivity index is -0.00000000667. The first-order valence-electron chi connectivity index (χ1n) is 0.441. The van der Waals surface area contributed by atoms with Crippen LogP contribution in [-0.4, -0.2) is 88.7 Å². The Kier molecular flexibility index (Phi) is 93.4. The summed E-state index contributed by atoms with van der Waals surface area (Å²) in [5, 5.41) is 0. The molecule has 0 saturated carbocycles. The zero-order valence-electron chi connectivity index (χ0n) is 1.43. The predicted octanol–water partition coefficient (Wildman–Crippen LogP) is -1.79. The fourth-order valence-electron chi connectivity index (χ4n) is 0. The Bertz CT molecular complexity index is 18.3. The van der Waals surface area contributed by atoms with Crippen molar-refractivity contribution in [1.29, 1.82) is 0 Å². The molecular weight excluding hydrogens is 130 g/mol. The summed E-state index contributed by atoms with van der Waals surface area (Å²) in [4.78, 5) is 0. The summed E-state index contributed by atoms with van der Waals surface area (Å²) in [5.41, 5.74) is 4.26. The van der Waals surface area contributed by atoms with E-state index in [1.807, 2.05) is 0 Å². The van der Waals surface area contributed by atoms with E-state index in [2.05, 4.69) is 5.50 Å². The average molecular weight is 135 g/mol. The zero-order chi connectivity index (χ0) is 2.71. The molecule has 0 atom stereocenters.